The van der Waals surface area contributed by atoms with Gasteiger partial charge in [-0.25, -0.2) is 0 Å². The van der Waals surface area contributed by atoms with Crippen molar-refractivity contribution in [2.75, 3.05) is 13.6 Å². The summed E-state index contributed by atoms with van der Waals surface area (Å²) < 4.78 is 0. The fraction of sp³-hybridized carbons (Fsp3) is 0.929. The van der Waals surface area contributed by atoms with Crippen LogP contribution in [-0.2, 0) is 0 Å². The SMILES string of the molecule is CN=C(NCC1(C2CC2)CC1)NC(C)C(C)C. The van der Waals surface area contributed by atoms with Gasteiger partial charge in [-0.1, -0.05) is 13.8 Å². The van der Waals surface area contributed by atoms with Crippen molar-refractivity contribution >= 4 is 5.96 Å². The van der Waals surface area contributed by atoms with E-state index in [1.54, 1.807) is 0 Å². The third kappa shape index (κ3) is 3.14. The third-order valence-corrected chi connectivity index (χ3v) is 4.53. The van der Waals surface area contributed by atoms with Gasteiger partial charge in [-0.3, -0.25) is 4.99 Å². The average molecular weight is 237 g/mol. The molecule has 2 aliphatic carbocycles. The van der Waals surface area contributed by atoms with E-state index < -0.39 is 0 Å². The monoisotopic (exact) mass is 237 g/mol. The Hall–Kier alpha value is -0.730. The minimum atomic E-state index is 0.470. The van der Waals surface area contributed by atoms with Gasteiger partial charge < -0.3 is 10.6 Å². The first kappa shape index (κ1) is 12.7. The Kier molecular flexibility index (Phi) is 3.64. The molecule has 0 bridgehead atoms. The second-order valence-corrected chi connectivity index (χ2v) is 6.24. The van der Waals surface area contributed by atoms with E-state index in [0.29, 0.717) is 17.4 Å². The van der Waals surface area contributed by atoms with Gasteiger partial charge in [0.1, 0.15) is 0 Å². The lowest BCUT2D eigenvalue weighted by molar-refractivity contribution is 0.424. The van der Waals surface area contributed by atoms with Crippen molar-refractivity contribution in [1.82, 2.24) is 10.6 Å². The topological polar surface area (TPSA) is 36.4 Å². The second-order valence-electron chi connectivity index (χ2n) is 6.24. The van der Waals surface area contributed by atoms with Crippen molar-refractivity contribution in [3.63, 3.8) is 0 Å². The Bertz CT molecular complexity index is 288. The van der Waals surface area contributed by atoms with E-state index in [1.807, 2.05) is 7.05 Å². The number of nitrogens with zero attached hydrogens (tertiary/aromatic N) is 1. The van der Waals surface area contributed by atoms with E-state index in [-0.39, 0.29) is 0 Å². The molecule has 0 aromatic carbocycles. The van der Waals surface area contributed by atoms with Crippen molar-refractivity contribution in [3.8, 4) is 0 Å². The molecule has 3 nitrogen and oxygen atoms in total. The maximum absolute atomic E-state index is 4.32. The third-order valence-electron chi connectivity index (χ3n) is 4.53. The molecule has 2 rings (SSSR count). The molecule has 1 unspecified atom stereocenters. The Morgan fingerprint density at radius 2 is 1.94 bits per heavy atom. The van der Waals surface area contributed by atoms with Crippen molar-refractivity contribution < 1.29 is 0 Å². The largest absolute Gasteiger partial charge is 0.356 e. The highest BCUT2D eigenvalue weighted by Gasteiger charge is 2.53. The van der Waals surface area contributed by atoms with Gasteiger partial charge in [0, 0.05) is 19.6 Å². The molecule has 3 heteroatoms. The molecule has 0 spiro atoms. The van der Waals surface area contributed by atoms with E-state index in [0.717, 1.165) is 18.4 Å². The van der Waals surface area contributed by atoms with E-state index in [4.69, 9.17) is 0 Å². The smallest absolute Gasteiger partial charge is 0.191 e. The minimum absolute atomic E-state index is 0.470. The standard InChI is InChI=1S/C14H27N3/c1-10(2)11(3)17-13(15-4)16-9-14(7-8-14)12-5-6-12/h10-12H,5-9H2,1-4H3,(H2,15,16,17). The molecule has 2 N–H and O–H groups in total. The van der Waals surface area contributed by atoms with Crippen LogP contribution in [0.25, 0.3) is 0 Å². The van der Waals surface area contributed by atoms with Crippen LogP contribution in [0.5, 0.6) is 0 Å². The van der Waals surface area contributed by atoms with Crippen LogP contribution < -0.4 is 10.6 Å². The summed E-state index contributed by atoms with van der Waals surface area (Å²) in [4.78, 5) is 4.32. The Balaban J connectivity index is 1.76. The highest BCUT2D eigenvalue weighted by atomic mass is 15.2. The normalized spacial score (nSPS) is 24.6. The van der Waals surface area contributed by atoms with Crippen LogP contribution in [0.1, 0.15) is 46.5 Å². The molecule has 0 amide bonds. The lowest BCUT2D eigenvalue weighted by Crippen LogP contribution is -2.46. The molecular weight excluding hydrogens is 210 g/mol. The Morgan fingerprint density at radius 1 is 1.29 bits per heavy atom. The molecule has 2 saturated carbocycles. The highest BCUT2D eigenvalue weighted by molar-refractivity contribution is 5.80. The fourth-order valence-corrected chi connectivity index (χ4v) is 2.42. The van der Waals surface area contributed by atoms with Crippen molar-refractivity contribution in [2.24, 2.45) is 22.2 Å². The summed E-state index contributed by atoms with van der Waals surface area (Å²) in [6.07, 6.45) is 5.75. The zero-order valence-electron chi connectivity index (χ0n) is 11.7. The van der Waals surface area contributed by atoms with Crippen molar-refractivity contribution in [3.05, 3.63) is 0 Å². The van der Waals surface area contributed by atoms with Crippen LogP contribution in [0.3, 0.4) is 0 Å². The summed E-state index contributed by atoms with van der Waals surface area (Å²) >= 11 is 0. The van der Waals surface area contributed by atoms with Crippen molar-refractivity contribution in [1.29, 1.82) is 0 Å². The lowest BCUT2D eigenvalue weighted by Gasteiger charge is -2.23. The summed E-state index contributed by atoms with van der Waals surface area (Å²) in [6, 6.07) is 0.470. The van der Waals surface area contributed by atoms with Crippen LogP contribution in [0, 0.1) is 17.3 Å². The zero-order chi connectivity index (χ0) is 12.5. The summed E-state index contributed by atoms with van der Waals surface area (Å²) in [5, 5.41) is 6.98. The fourth-order valence-electron chi connectivity index (χ4n) is 2.42. The Morgan fingerprint density at radius 3 is 2.35 bits per heavy atom. The second kappa shape index (κ2) is 4.87. The molecule has 2 fully saturated rings. The average Bonchev–Trinajstić information content (AvgIpc) is 3.16. The predicted molar refractivity (Wildman–Crippen MR) is 73.2 cm³/mol. The number of hydrogen-bond acceptors (Lipinski definition) is 1. The maximum Gasteiger partial charge on any atom is 0.191 e. The van der Waals surface area contributed by atoms with Crippen LogP contribution in [0.15, 0.2) is 4.99 Å². The van der Waals surface area contributed by atoms with Gasteiger partial charge in [0.15, 0.2) is 5.96 Å². The van der Waals surface area contributed by atoms with Crippen LogP contribution in [0.4, 0.5) is 0 Å². The van der Waals surface area contributed by atoms with Gasteiger partial charge in [0.25, 0.3) is 0 Å². The maximum atomic E-state index is 4.32. The molecule has 1 atom stereocenters. The molecule has 2 aliphatic rings. The lowest BCUT2D eigenvalue weighted by atomic mass is 10.0. The molecule has 0 aromatic rings. The molecule has 17 heavy (non-hydrogen) atoms. The first-order valence-corrected chi connectivity index (χ1v) is 7.04. The first-order valence-electron chi connectivity index (χ1n) is 7.04. The summed E-state index contributed by atoms with van der Waals surface area (Å²) in [5.41, 5.74) is 0.638. The van der Waals surface area contributed by atoms with Gasteiger partial charge in [0.05, 0.1) is 0 Å². The molecule has 0 aromatic heterocycles. The van der Waals surface area contributed by atoms with Gasteiger partial charge in [-0.15, -0.1) is 0 Å². The van der Waals surface area contributed by atoms with Gasteiger partial charge in [-0.2, -0.15) is 0 Å². The van der Waals surface area contributed by atoms with Gasteiger partial charge in [0.2, 0.25) is 0 Å². The van der Waals surface area contributed by atoms with Crippen LogP contribution >= 0.6 is 0 Å². The van der Waals surface area contributed by atoms with Crippen molar-refractivity contribution in [2.45, 2.75) is 52.5 Å². The Labute approximate surface area is 105 Å². The van der Waals surface area contributed by atoms with Crippen LogP contribution in [0.2, 0.25) is 0 Å². The zero-order valence-corrected chi connectivity index (χ0v) is 11.7. The minimum Gasteiger partial charge on any atom is -0.356 e. The quantitative estimate of drug-likeness (QED) is 0.569. The van der Waals surface area contributed by atoms with Crippen LogP contribution in [-0.4, -0.2) is 25.6 Å². The molecular formula is C14H27N3. The summed E-state index contributed by atoms with van der Waals surface area (Å²) in [6.45, 7) is 7.79. The number of guanidine groups is 1. The molecule has 98 valence electrons. The first-order chi connectivity index (χ1) is 8.07. The molecule has 0 heterocycles. The van der Waals surface area contributed by atoms with E-state index in [2.05, 4.69) is 36.4 Å². The highest BCUT2D eigenvalue weighted by Crippen LogP contribution is 2.60. The molecule has 0 radical (unpaired) electrons. The number of aliphatic imine (C=N–C) groups is 1. The number of nitrogens with one attached hydrogen (secondary N) is 2. The number of hydrogen-bond donors (Lipinski definition) is 2. The van der Waals surface area contributed by atoms with E-state index >= 15 is 0 Å². The van der Waals surface area contributed by atoms with Gasteiger partial charge >= 0.3 is 0 Å². The molecule has 0 aliphatic heterocycles. The number of rotatable bonds is 5. The summed E-state index contributed by atoms with van der Waals surface area (Å²) in [7, 11) is 1.86. The summed E-state index contributed by atoms with van der Waals surface area (Å²) in [5.74, 6) is 2.61. The van der Waals surface area contributed by atoms with Gasteiger partial charge in [-0.05, 0) is 49.9 Å². The van der Waals surface area contributed by atoms with E-state index in [9.17, 15) is 0 Å². The predicted octanol–water partition coefficient (Wildman–Crippen LogP) is 2.39. The molecule has 0 saturated heterocycles. The van der Waals surface area contributed by atoms with E-state index in [1.165, 1.54) is 25.7 Å².